The van der Waals surface area contributed by atoms with E-state index in [-0.39, 0.29) is 34.8 Å². The molecule has 1 aliphatic heterocycles. The van der Waals surface area contributed by atoms with E-state index in [1.165, 1.54) is 24.3 Å². The summed E-state index contributed by atoms with van der Waals surface area (Å²) in [5, 5.41) is 2.86. The van der Waals surface area contributed by atoms with E-state index in [2.05, 4.69) is 10.0 Å². The minimum absolute atomic E-state index is 0.0241. The molecule has 0 bridgehead atoms. The van der Waals surface area contributed by atoms with E-state index in [9.17, 15) is 21.6 Å². The van der Waals surface area contributed by atoms with Gasteiger partial charge in [-0.05, 0) is 43.7 Å². The fraction of sp³-hybridized carbons (Fsp3) is 0.350. The minimum Gasteiger partial charge on any atom is -0.496 e. The molecule has 10 heteroatoms. The molecule has 1 fully saturated rings. The summed E-state index contributed by atoms with van der Waals surface area (Å²) >= 11 is 0. The fourth-order valence-corrected chi connectivity index (χ4v) is 6.39. The highest BCUT2D eigenvalue weighted by Gasteiger charge is 2.31. The van der Waals surface area contributed by atoms with Gasteiger partial charge in [0, 0.05) is 17.2 Å². The van der Waals surface area contributed by atoms with Crippen LogP contribution in [0.4, 0.5) is 0 Å². The van der Waals surface area contributed by atoms with Gasteiger partial charge in [-0.25, -0.2) is 21.6 Å². The molecule has 162 valence electrons. The second-order valence-electron chi connectivity index (χ2n) is 7.18. The van der Waals surface area contributed by atoms with Gasteiger partial charge in [0.05, 0.1) is 29.6 Å². The second kappa shape index (κ2) is 8.75. The van der Waals surface area contributed by atoms with Crippen molar-refractivity contribution in [3.05, 3.63) is 59.7 Å². The van der Waals surface area contributed by atoms with Crippen molar-refractivity contribution in [2.24, 2.45) is 0 Å². The lowest BCUT2D eigenvalue weighted by Gasteiger charge is -2.17. The fourth-order valence-electron chi connectivity index (χ4n) is 3.34. The zero-order valence-electron chi connectivity index (χ0n) is 16.7. The van der Waals surface area contributed by atoms with E-state index in [1.807, 2.05) is 25.1 Å². The van der Waals surface area contributed by atoms with Gasteiger partial charge in [-0.15, -0.1) is 0 Å². The molecular formula is C20H24N2O6S2. The zero-order chi connectivity index (χ0) is 21.9. The number of benzene rings is 2. The van der Waals surface area contributed by atoms with E-state index >= 15 is 0 Å². The van der Waals surface area contributed by atoms with Crippen LogP contribution in [0.2, 0.25) is 0 Å². The molecule has 30 heavy (non-hydrogen) atoms. The first-order valence-corrected chi connectivity index (χ1v) is 12.7. The van der Waals surface area contributed by atoms with Gasteiger partial charge in [0.15, 0.2) is 9.84 Å². The van der Waals surface area contributed by atoms with Crippen LogP contribution in [0.5, 0.6) is 5.75 Å². The largest absolute Gasteiger partial charge is 0.496 e. The van der Waals surface area contributed by atoms with Crippen molar-refractivity contribution in [3.8, 4) is 5.75 Å². The van der Waals surface area contributed by atoms with Crippen LogP contribution in [0.1, 0.15) is 35.3 Å². The molecule has 8 nitrogen and oxygen atoms in total. The Bertz CT molecular complexity index is 1130. The predicted molar refractivity (Wildman–Crippen MR) is 113 cm³/mol. The van der Waals surface area contributed by atoms with Crippen molar-refractivity contribution in [1.82, 2.24) is 10.0 Å². The lowest BCUT2D eigenvalue weighted by Crippen LogP contribution is -2.35. The van der Waals surface area contributed by atoms with Crippen LogP contribution >= 0.6 is 0 Å². The first kappa shape index (κ1) is 22.3. The molecule has 2 N–H and O–H groups in total. The van der Waals surface area contributed by atoms with E-state index in [1.54, 1.807) is 13.2 Å². The summed E-state index contributed by atoms with van der Waals surface area (Å²) < 4.78 is 55.8. The van der Waals surface area contributed by atoms with Crippen LogP contribution in [0.3, 0.4) is 0 Å². The van der Waals surface area contributed by atoms with Crippen LogP contribution in [-0.2, 0) is 19.9 Å². The van der Waals surface area contributed by atoms with Crippen LogP contribution < -0.4 is 14.8 Å². The summed E-state index contributed by atoms with van der Waals surface area (Å²) in [6, 6.07) is 11.9. The number of sulfone groups is 1. The number of ether oxygens (including phenoxy) is 1. The highest BCUT2D eigenvalue weighted by atomic mass is 32.2. The number of methoxy groups -OCH3 is 1. The van der Waals surface area contributed by atoms with E-state index in [4.69, 9.17) is 4.74 Å². The van der Waals surface area contributed by atoms with Gasteiger partial charge in [-0.3, -0.25) is 4.79 Å². The Kier molecular flexibility index (Phi) is 6.49. The van der Waals surface area contributed by atoms with Gasteiger partial charge in [0.2, 0.25) is 10.0 Å². The molecular weight excluding hydrogens is 428 g/mol. The quantitative estimate of drug-likeness (QED) is 0.659. The molecule has 0 aromatic heterocycles. The summed E-state index contributed by atoms with van der Waals surface area (Å²) in [5.74, 6) is 0.0796. The van der Waals surface area contributed by atoms with Crippen LogP contribution in [0.25, 0.3) is 0 Å². The van der Waals surface area contributed by atoms with Gasteiger partial charge in [0.25, 0.3) is 5.91 Å². The molecule has 2 aromatic rings. The number of hydrogen-bond acceptors (Lipinski definition) is 6. The van der Waals surface area contributed by atoms with E-state index in [0.29, 0.717) is 11.3 Å². The number of sulfonamides is 1. The predicted octanol–water partition coefficient (Wildman–Crippen LogP) is 1.65. The SMILES string of the molecule is COc1ccccc1[C@H](C)NC(=O)c1ccc(S(=O)(=O)N[C@H]2CCS(=O)(=O)C2)cc1. The molecule has 0 spiro atoms. The summed E-state index contributed by atoms with van der Waals surface area (Å²) in [6.07, 6.45) is 0.253. The molecule has 0 saturated carbocycles. The number of carbonyl (C=O) groups is 1. The van der Waals surface area contributed by atoms with Crippen LogP contribution in [0, 0.1) is 0 Å². The normalized spacial score (nSPS) is 19.2. The Morgan fingerprint density at radius 3 is 2.40 bits per heavy atom. The van der Waals surface area contributed by atoms with Gasteiger partial charge in [0.1, 0.15) is 5.75 Å². The number of hydrogen-bond donors (Lipinski definition) is 2. The van der Waals surface area contributed by atoms with Crippen molar-refractivity contribution < 1.29 is 26.4 Å². The molecule has 0 aliphatic carbocycles. The van der Waals surface area contributed by atoms with Gasteiger partial charge < -0.3 is 10.1 Å². The lowest BCUT2D eigenvalue weighted by atomic mass is 10.1. The van der Waals surface area contributed by atoms with Crippen LogP contribution in [-0.4, -0.2) is 47.4 Å². The lowest BCUT2D eigenvalue weighted by molar-refractivity contribution is 0.0939. The Hall–Kier alpha value is -2.43. The van der Waals surface area contributed by atoms with Crippen molar-refractivity contribution in [2.75, 3.05) is 18.6 Å². The Balaban J connectivity index is 1.68. The van der Waals surface area contributed by atoms with Gasteiger partial charge in [-0.1, -0.05) is 18.2 Å². The van der Waals surface area contributed by atoms with Crippen molar-refractivity contribution in [2.45, 2.75) is 30.3 Å². The number of nitrogens with one attached hydrogen (secondary N) is 2. The maximum absolute atomic E-state index is 12.6. The van der Waals surface area contributed by atoms with E-state index < -0.39 is 25.9 Å². The zero-order valence-corrected chi connectivity index (χ0v) is 18.3. The summed E-state index contributed by atoms with van der Waals surface area (Å²) in [4.78, 5) is 12.5. The summed E-state index contributed by atoms with van der Waals surface area (Å²) in [7, 11) is -5.51. The van der Waals surface area contributed by atoms with Gasteiger partial charge in [-0.2, -0.15) is 0 Å². The van der Waals surface area contributed by atoms with Crippen LogP contribution in [0.15, 0.2) is 53.4 Å². The van der Waals surface area contributed by atoms with E-state index in [0.717, 1.165) is 5.56 Å². The molecule has 1 heterocycles. The average Bonchev–Trinajstić information content (AvgIpc) is 3.05. The molecule has 0 radical (unpaired) electrons. The topological polar surface area (TPSA) is 119 Å². The minimum atomic E-state index is -3.87. The van der Waals surface area contributed by atoms with Crippen molar-refractivity contribution in [3.63, 3.8) is 0 Å². The van der Waals surface area contributed by atoms with Gasteiger partial charge >= 0.3 is 0 Å². The average molecular weight is 453 g/mol. The first-order chi connectivity index (χ1) is 14.1. The molecule has 1 amide bonds. The number of para-hydroxylation sites is 1. The van der Waals surface area contributed by atoms with Crippen molar-refractivity contribution >= 4 is 25.8 Å². The number of rotatable bonds is 7. The third kappa shape index (κ3) is 5.18. The maximum Gasteiger partial charge on any atom is 0.251 e. The molecule has 1 aliphatic rings. The monoisotopic (exact) mass is 452 g/mol. The number of amides is 1. The smallest absolute Gasteiger partial charge is 0.251 e. The standard InChI is InChI=1S/C20H24N2O6S2/c1-14(18-5-3-4-6-19(18)28-2)21-20(23)15-7-9-17(10-8-15)30(26,27)22-16-11-12-29(24,25)13-16/h3-10,14,16,22H,11-13H2,1-2H3,(H,21,23)/t14-,16-/m0/s1. The molecule has 1 saturated heterocycles. The van der Waals surface area contributed by atoms with Crippen molar-refractivity contribution in [1.29, 1.82) is 0 Å². The summed E-state index contributed by atoms with van der Waals surface area (Å²) in [5.41, 5.74) is 1.13. The summed E-state index contributed by atoms with van der Waals surface area (Å²) in [6.45, 7) is 1.83. The second-order valence-corrected chi connectivity index (χ2v) is 11.1. The molecule has 0 unspecified atom stereocenters. The Labute approximate surface area is 176 Å². The number of carbonyl (C=O) groups excluding carboxylic acids is 1. The third-order valence-electron chi connectivity index (χ3n) is 4.93. The molecule has 3 rings (SSSR count). The third-order valence-corrected chi connectivity index (χ3v) is 8.24. The Morgan fingerprint density at radius 1 is 1.13 bits per heavy atom. The highest BCUT2D eigenvalue weighted by Crippen LogP contribution is 2.24. The Morgan fingerprint density at radius 2 is 1.80 bits per heavy atom. The first-order valence-electron chi connectivity index (χ1n) is 9.38. The molecule has 2 atom stereocenters. The highest BCUT2D eigenvalue weighted by molar-refractivity contribution is 7.92. The molecule has 2 aromatic carbocycles. The maximum atomic E-state index is 12.6.